The summed E-state index contributed by atoms with van der Waals surface area (Å²) in [7, 11) is 0. The summed E-state index contributed by atoms with van der Waals surface area (Å²) in [4.78, 5) is 4.38. The fraction of sp³-hybridized carbons (Fsp3) is 0.214. The normalized spacial score (nSPS) is 10.4. The number of hydrogen-bond acceptors (Lipinski definition) is 3. The van der Waals surface area contributed by atoms with Crippen molar-refractivity contribution in [2.75, 3.05) is 0 Å². The van der Waals surface area contributed by atoms with Gasteiger partial charge in [0.15, 0.2) is 0 Å². The van der Waals surface area contributed by atoms with Crippen molar-refractivity contribution in [3.63, 3.8) is 0 Å². The van der Waals surface area contributed by atoms with Gasteiger partial charge in [-0.3, -0.25) is 4.98 Å². The molecule has 0 aliphatic carbocycles. The van der Waals surface area contributed by atoms with Crippen LogP contribution in [0.15, 0.2) is 36.4 Å². The fourth-order valence-electron chi connectivity index (χ4n) is 1.66. The van der Waals surface area contributed by atoms with Gasteiger partial charge in [0.1, 0.15) is 12.4 Å². The summed E-state index contributed by atoms with van der Waals surface area (Å²) in [6.07, 6.45) is 0. The van der Waals surface area contributed by atoms with E-state index in [0.29, 0.717) is 23.9 Å². The maximum absolute atomic E-state index is 5.94. The van der Waals surface area contributed by atoms with E-state index >= 15 is 0 Å². The van der Waals surface area contributed by atoms with E-state index in [2.05, 4.69) is 4.98 Å². The molecule has 0 unspecified atom stereocenters. The first-order valence-electron chi connectivity index (χ1n) is 5.73. The van der Waals surface area contributed by atoms with Gasteiger partial charge in [0, 0.05) is 22.8 Å². The molecular formula is C14H15ClN2O. The lowest BCUT2D eigenvalue weighted by atomic mass is 10.2. The van der Waals surface area contributed by atoms with Crippen LogP contribution < -0.4 is 10.5 Å². The SMILES string of the molecule is Cc1cccc(COc2cc(Cl)ccc2CN)n1. The molecular weight excluding hydrogens is 248 g/mol. The molecule has 2 rings (SSSR count). The molecule has 3 nitrogen and oxygen atoms in total. The van der Waals surface area contributed by atoms with Crippen LogP contribution in [0.2, 0.25) is 5.02 Å². The topological polar surface area (TPSA) is 48.1 Å². The quantitative estimate of drug-likeness (QED) is 0.921. The monoisotopic (exact) mass is 262 g/mol. The Hall–Kier alpha value is -1.58. The van der Waals surface area contributed by atoms with Crippen LogP contribution in [-0.2, 0) is 13.2 Å². The molecule has 0 bridgehead atoms. The lowest BCUT2D eigenvalue weighted by molar-refractivity contribution is 0.298. The predicted molar refractivity (Wildman–Crippen MR) is 72.6 cm³/mol. The minimum absolute atomic E-state index is 0.412. The van der Waals surface area contributed by atoms with Crippen LogP contribution in [-0.4, -0.2) is 4.98 Å². The third-order valence-electron chi connectivity index (χ3n) is 2.57. The maximum Gasteiger partial charge on any atom is 0.130 e. The minimum atomic E-state index is 0.412. The van der Waals surface area contributed by atoms with E-state index in [-0.39, 0.29) is 0 Å². The van der Waals surface area contributed by atoms with E-state index in [4.69, 9.17) is 22.1 Å². The van der Waals surface area contributed by atoms with Crippen LogP contribution >= 0.6 is 11.6 Å². The zero-order valence-corrected chi connectivity index (χ0v) is 10.9. The van der Waals surface area contributed by atoms with E-state index in [1.54, 1.807) is 6.07 Å². The van der Waals surface area contributed by atoms with Crippen LogP contribution in [0.4, 0.5) is 0 Å². The van der Waals surface area contributed by atoms with Crippen molar-refractivity contribution >= 4 is 11.6 Å². The predicted octanol–water partition coefficient (Wildman–Crippen LogP) is 3.08. The molecule has 0 saturated heterocycles. The molecule has 0 amide bonds. The highest BCUT2D eigenvalue weighted by Crippen LogP contribution is 2.23. The lowest BCUT2D eigenvalue weighted by Gasteiger charge is -2.10. The molecule has 4 heteroatoms. The molecule has 2 N–H and O–H groups in total. The zero-order valence-electron chi connectivity index (χ0n) is 10.2. The zero-order chi connectivity index (χ0) is 13.0. The van der Waals surface area contributed by atoms with E-state index in [0.717, 1.165) is 17.0 Å². The van der Waals surface area contributed by atoms with Crippen LogP contribution in [0.5, 0.6) is 5.75 Å². The number of pyridine rings is 1. The van der Waals surface area contributed by atoms with Crippen molar-refractivity contribution in [1.29, 1.82) is 0 Å². The van der Waals surface area contributed by atoms with Crippen LogP contribution in [0, 0.1) is 6.92 Å². The third kappa shape index (κ3) is 3.22. The highest BCUT2D eigenvalue weighted by molar-refractivity contribution is 6.30. The second-order valence-corrected chi connectivity index (χ2v) is 4.45. The Bertz CT molecular complexity index is 543. The molecule has 1 heterocycles. The van der Waals surface area contributed by atoms with E-state index in [1.165, 1.54) is 0 Å². The molecule has 18 heavy (non-hydrogen) atoms. The Morgan fingerprint density at radius 3 is 2.83 bits per heavy atom. The number of nitrogens with two attached hydrogens (primary N) is 1. The van der Waals surface area contributed by atoms with Crippen molar-refractivity contribution in [2.24, 2.45) is 5.73 Å². The molecule has 94 valence electrons. The third-order valence-corrected chi connectivity index (χ3v) is 2.81. The number of benzene rings is 1. The summed E-state index contributed by atoms with van der Waals surface area (Å²) < 4.78 is 5.72. The molecule has 0 fully saturated rings. The number of nitrogens with zero attached hydrogens (tertiary/aromatic N) is 1. The molecule has 0 saturated carbocycles. The standard InChI is InChI=1S/C14H15ClN2O/c1-10-3-2-4-13(17-10)9-18-14-7-12(15)6-5-11(14)8-16/h2-7H,8-9,16H2,1H3. The van der Waals surface area contributed by atoms with Gasteiger partial charge in [0.05, 0.1) is 5.69 Å². The number of aromatic nitrogens is 1. The van der Waals surface area contributed by atoms with Gasteiger partial charge in [-0.15, -0.1) is 0 Å². The van der Waals surface area contributed by atoms with Gasteiger partial charge in [-0.1, -0.05) is 23.7 Å². The average molecular weight is 263 g/mol. The highest BCUT2D eigenvalue weighted by atomic mass is 35.5. The average Bonchev–Trinajstić information content (AvgIpc) is 2.37. The van der Waals surface area contributed by atoms with Crippen LogP contribution in [0.1, 0.15) is 17.0 Å². The molecule has 0 spiro atoms. The molecule has 0 atom stereocenters. The largest absolute Gasteiger partial charge is 0.487 e. The van der Waals surface area contributed by atoms with Crippen molar-refractivity contribution in [3.8, 4) is 5.75 Å². The summed E-state index contributed by atoms with van der Waals surface area (Å²) in [6, 6.07) is 11.3. The Kier molecular flexibility index (Phi) is 4.18. The fourth-order valence-corrected chi connectivity index (χ4v) is 1.83. The Morgan fingerprint density at radius 2 is 2.11 bits per heavy atom. The molecule has 2 aromatic rings. The first kappa shape index (κ1) is 12.9. The number of hydrogen-bond donors (Lipinski definition) is 1. The Labute approximate surface area is 112 Å². The second kappa shape index (κ2) is 5.85. The summed E-state index contributed by atoms with van der Waals surface area (Å²) in [6.45, 7) is 2.79. The van der Waals surface area contributed by atoms with Gasteiger partial charge in [0.2, 0.25) is 0 Å². The summed E-state index contributed by atoms with van der Waals surface area (Å²) >= 11 is 5.94. The van der Waals surface area contributed by atoms with Crippen molar-refractivity contribution in [3.05, 3.63) is 58.4 Å². The van der Waals surface area contributed by atoms with Crippen molar-refractivity contribution in [1.82, 2.24) is 4.98 Å². The molecule has 0 aliphatic rings. The van der Waals surface area contributed by atoms with Gasteiger partial charge in [-0.2, -0.15) is 0 Å². The van der Waals surface area contributed by atoms with Crippen LogP contribution in [0.3, 0.4) is 0 Å². The smallest absolute Gasteiger partial charge is 0.130 e. The van der Waals surface area contributed by atoms with Gasteiger partial charge in [-0.25, -0.2) is 0 Å². The van der Waals surface area contributed by atoms with Gasteiger partial charge in [0.25, 0.3) is 0 Å². The van der Waals surface area contributed by atoms with E-state index < -0.39 is 0 Å². The number of rotatable bonds is 4. The van der Waals surface area contributed by atoms with E-state index in [1.807, 2.05) is 37.3 Å². The van der Waals surface area contributed by atoms with Gasteiger partial charge in [-0.05, 0) is 31.2 Å². The first-order valence-corrected chi connectivity index (χ1v) is 6.10. The molecule has 1 aromatic heterocycles. The number of halogens is 1. The number of ether oxygens (including phenoxy) is 1. The van der Waals surface area contributed by atoms with Gasteiger partial charge < -0.3 is 10.5 Å². The second-order valence-electron chi connectivity index (χ2n) is 4.02. The lowest BCUT2D eigenvalue weighted by Crippen LogP contribution is -2.04. The Morgan fingerprint density at radius 1 is 1.28 bits per heavy atom. The highest BCUT2D eigenvalue weighted by Gasteiger charge is 2.04. The van der Waals surface area contributed by atoms with Crippen LogP contribution in [0.25, 0.3) is 0 Å². The summed E-state index contributed by atoms with van der Waals surface area (Å²) in [5.41, 5.74) is 8.45. The molecule has 0 radical (unpaired) electrons. The van der Waals surface area contributed by atoms with E-state index in [9.17, 15) is 0 Å². The van der Waals surface area contributed by atoms with Crippen molar-refractivity contribution in [2.45, 2.75) is 20.1 Å². The maximum atomic E-state index is 5.94. The summed E-state index contributed by atoms with van der Waals surface area (Å²) in [5, 5.41) is 0.638. The summed E-state index contributed by atoms with van der Waals surface area (Å²) in [5.74, 6) is 0.716. The Balaban J connectivity index is 2.12. The molecule has 1 aromatic carbocycles. The minimum Gasteiger partial charge on any atom is -0.487 e. The molecule has 0 aliphatic heterocycles. The number of aryl methyl sites for hydroxylation is 1. The van der Waals surface area contributed by atoms with Gasteiger partial charge >= 0.3 is 0 Å². The van der Waals surface area contributed by atoms with Crippen molar-refractivity contribution < 1.29 is 4.74 Å². The first-order chi connectivity index (χ1) is 8.69.